The zero-order valence-corrected chi connectivity index (χ0v) is 13.6. The predicted octanol–water partition coefficient (Wildman–Crippen LogP) is 3.49. The van der Waals surface area contributed by atoms with E-state index in [2.05, 4.69) is 43.0 Å². The molecule has 110 valence electrons. The van der Waals surface area contributed by atoms with Crippen LogP contribution in [0, 0.1) is 19.3 Å². The molecule has 0 saturated carbocycles. The summed E-state index contributed by atoms with van der Waals surface area (Å²) in [4.78, 5) is 11.2. The van der Waals surface area contributed by atoms with Crippen molar-refractivity contribution in [2.45, 2.75) is 40.5 Å². The summed E-state index contributed by atoms with van der Waals surface area (Å²) in [6.07, 6.45) is 3.79. The number of hydrogen-bond acceptors (Lipinski definition) is 5. The van der Waals surface area contributed by atoms with E-state index in [1.807, 2.05) is 0 Å². The highest BCUT2D eigenvalue weighted by molar-refractivity contribution is 7.18. The van der Waals surface area contributed by atoms with E-state index in [1.165, 1.54) is 10.4 Å². The van der Waals surface area contributed by atoms with Gasteiger partial charge in [-0.3, -0.25) is 0 Å². The van der Waals surface area contributed by atoms with Gasteiger partial charge in [-0.15, -0.1) is 11.3 Å². The molecular formula is C15H24N4S. The molecule has 4 nitrogen and oxygen atoms in total. The van der Waals surface area contributed by atoms with Gasteiger partial charge >= 0.3 is 0 Å². The Balaban J connectivity index is 2.30. The Morgan fingerprint density at radius 1 is 1.25 bits per heavy atom. The monoisotopic (exact) mass is 292 g/mol. The van der Waals surface area contributed by atoms with Crippen LogP contribution in [-0.4, -0.2) is 23.1 Å². The molecule has 2 aromatic heterocycles. The van der Waals surface area contributed by atoms with Gasteiger partial charge in [0.15, 0.2) is 0 Å². The first-order valence-electron chi connectivity index (χ1n) is 7.21. The van der Waals surface area contributed by atoms with Crippen LogP contribution in [-0.2, 0) is 0 Å². The van der Waals surface area contributed by atoms with Crippen LogP contribution < -0.4 is 11.1 Å². The summed E-state index contributed by atoms with van der Waals surface area (Å²) < 4.78 is 0. The number of fused-ring (bicyclic) bond motifs is 1. The highest BCUT2D eigenvalue weighted by Gasteiger charge is 2.24. The summed E-state index contributed by atoms with van der Waals surface area (Å²) in [5, 5.41) is 4.67. The van der Waals surface area contributed by atoms with Crippen molar-refractivity contribution < 1.29 is 0 Å². The first-order valence-corrected chi connectivity index (χ1v) is 8.03. The maximum atomic E-state index is 5.97. The zero-order chi connectivity index (χ0) is 14.8. The van der Waals surface area contributed by atoms with Gasteiger partial charge < -0.3 is 11.1 Å². The van der Waals surface area contributed by atoms with Gasteiger partial charge in [-0.25, -0.2) is 9.97 Å². The summed E-state index contributed by atoms with van der Waals surface area (Å²) in [6, 6.07) is 0. The number of nitrogens with two attached hydrogens (primary N) is 1. The van der Waals surface area contributed by atoms with Crippen LogP contribution in [0.4, 0.5) is 5.82 Å². The molecule has 0 bridgehead atoms. The van der Waals surface area contributed by atoms with Crippen molar-refractivity contribution in [3.8, 4) is 0 Å². The largest absolute Gasteiger partial charge is 0.369 e. The maximum absolute atomic E-state index is 5.97. The fraction of sp³-hybridized carbons (Fsp3) is 0.600. The third-order valence-corrected chi connectivity index (χ3v) is 5.64. The number of nitrogens with zero attached hydrogens (tertiary/aromatic N) is 2. The first kappa shape index (κ1) is 15.2. The topological polar surface area (TPSA) is 63.8 Å². The minimum absolute atomic E-state index is 0.149. The van der Waals surface area contributed by atoms with E-state index in [9.17, 15) is 0 Å². The molecule has 0 unspecified atom stereocenters. The smallest absolute Gasteiger partial charge is 0.138 e. The fourth-order valence-corrected chi connectivity index (χ4v) is 3.45. The SMILES string of the molecule is CCC(CC)(CN)CNc1ncnc2sc(C)c(C)c12. The average molecular weight is 292 g/mol. The Hall–Kier alpha value is -1.20. The van der Waals surface area contributed by atoms with E-state index < -0.39 is 0 Å². The Bertz CT molecular complexity index is 579. The van der Waals surface area contributed by atoms with Crippen molar-refractivity contribution in [2.75, 3.05) is 18.4 Å². The molecule has 2 aromatic rings. The minimum Gasteiger partial charge on any atom is -0.369 e. The number of anilines is 1. The molecule has 2 rings (SSSR count). The third kappa shape index (κ3) is 2.65. The van der Waals surface area contributed by atoms with E-state index in [4.69, 9.17) is 5.73 Å². The van der Waals surface area contributed by atoms with Crippen LogP contribution in [0.2, 0.25) is 0 Å². The van der Waals surface area contributed by atoms with Crippen molar-refractivity contribution in [2.24, 2.45) is 11.1 Å². The molecule has 2 heterocycles. The van der Waals surface area contributed by atoms with E-state index >= 15 is 0 Å². The van der Waals surface area contributed by atoms with Crippen LogP contribution >= 0.6 is 11.3 Å². The molecule has 0 aromatic carbocycles. The van der Waals surface area contributed by atoms with Crippen LogP contribution in [0.5, 0.6) is 0 Å². The number of aryl methyl sites for hydroxylation is 2. The Labute approximate surface area is 124 Å². The van der Waals surface area contributed by atoms with Gasteiger partial charge in [-0.1, -0.05) is 13.8 Å². The van der Waals surface area contributed by atoms with Crippen molar-refractivity contribution in [1.29, 1.82) is 0 Å². The van der Waals surface area contributed by atoms with Crippen LogP contribution in [0.15, 0.2) is 6.33 Å². The summed E-state index contributed by atoms with van der Waals surface area (Å²) in [6.45, 7) is 10.2. The Morgan fingerprint density at radius 2 is 1.95 bits per heavy atom. The Kier molecular flexibility index (Phi) is 4.60. The van der Waals surface area contributed by atoms with E-state index in [-0.39, 0.29) is 5.41 Å². The molecule has 0 radical (unpaired) electrons. The van der Waals surface area contributed by atoms with Gasteiger partial charge in [0.05, 0.1) is 5.39 Å². The molecule has 20 heavy (non-hydrogen) atoms. The molecule has 0 aliphatic rings. The van der Waals surface area contributed by atoms with Crippen molar-refractivity contribution in [3.63, 3.8) is 0 Å². The summed E-state index contributed by atoms with van der Waals surface area (Å²) >= 11 is 1.73. The number of rotatable bonds is 6. The molecule has 0 aliphatic carbocycles. The van der Waals surface area contributed by atoms with Crippen molar-refractivity contribution >= 4 is 27.4 Å². The van der Waals surface area contributed by atoms with E-state index in [1.54, 1.807) is 17.7 Å². The molecule has 0 spiro atoms. The fourth-order valence-electron chi connectivity index (χ4n) is 2.45. The number of thiophene rings is 1. The second-order valence-electron chi connectivity index (χ2n) is 5.45. The summed E-state index contributed by atoms with van der Waals surface area (Å²) in [5.74, 6) is 0.941. The first-order chi connectivity index (χ1) is 9.56. The Morgan fingerprint density at radius 3 is 2.55 bits per heavy atom. The molecule has 0 amide bonds. The summed E-state index contributed by atoms with van der Waals surface area (Å²) in [5.41, 5.74) is 7.40. The van der Waals surface area contributed by atoms with Crippen LogP contribution in [0.3, 0.4) is 0 Å². The molecule has 0 atom stereocenters. The lowest BCUT2D eigenvalue weighted by Crippen LogP contribution is -2.36. The lowest BCUT2D eigenvalue weighted by molar-refractivity contribution is 0.294. The van der Waals surface area contributed by atoms with E-state index in [0.717, 1.165) is 35.4 Å². The van der Waals surface area contributed by atoms with Gasteiger partial charge in [-0.2, -0.15) is 0 Å². The van der Waals surface area contributed by atoms with Crippen molar-refractivity contribution in [1.82, 2.24) is 9.97 Å². The molecular weight excluding hydrogens is 268 g/mol. The molecule has 0 fully saturated rings. The lowest BCUT2D eigenvalue weighted by Gasteiger charge is -2.30. The van der Waals surface area contributed by atoms with Crippen LogP contribution in [0.25, 0.3) is 10.2 Å². The van der Waals surface area contributed by atoms with Gasteiger partial charge in [0, 0.05) is 11.4 Å². The number of aromatic nitrogens is 2. The second-order valence-corrected chi connectivity index (χ2v) is 6.65. The third-order valence-electron chi connectivity index (χ3n) is 4.53. The minimum atomic E-state index is 0.149. The van der Waals surface area contributed by atoms with Gasteiger partial charge in [-0.05, 0) is 44.2 Å². The normalized spacial score (nSPS) is 12.1. The highest BCUT2D eigenvalue weighted by atomic mass is 32.1. The molecule has 5 heteroatoms. The molecule has 0 saturated heterocycles. The van der Waals surface area contributed by atoms with Crippen molar-refractivity contribution in [3.05, 3.63) is 16.8 Å². The number of nitrogens with one attached hydrogen (secondary N) is 1. The second kappa shape index (κ2) is 6.06. The predicted molar refractivity (Wildman–Crippen MR) is 87.4 cm³/mol. The zero-order valence-electron chi connectivity index (χ0n) is 12.8. The van der Waals surface area contributed by atoms with Crippen LogP contribution in [0.1, 0.15) is 37.1 Å². The van der Waals surface area contributed by atoms with Gasteiger partial charge in [0.25, 0.3) is 0 Å². The van der Waals surface area contributed by atoms with Gasteiger partial charge in [0.2, 0.25) is 0 Å². The maximum Gasteiger partial charge on any atom is 0.138 e. The highest BCUT2D eigenvalue weighted by Crippen LogP contribution is 2.33. The number of hydrogen-bond donors (Lipinski definition) is 2. The van der Waals surface area contributed by atoms with Gasteiger partial charge in [0.1, 0.15) is 17.0 Å². The molecule has 3 N–H and O–H groups in total. The lowest BCUT2D eigenvalue weighted by atomic mass is 9.82. The van der Waals surface area contributed by atoms with E-state index in [0.29, 0.717) is 6.54 Å². The quantitative estimate of drug-likeness (QED) is 0.855. The standard InChI is InChI=1S/C15H24N4S/c1-5-15(6-2,7-16)8-17-13-12-10(3)11(4)20-14(12)19-9-18-13/h9H,5-8,16H2,1-4H3,(H,17,18,19). The average Bonchev–Trinajstić information content (AvgIpc) is 2.77. The summed E-state index contributed by atoms with van der Waals surface area (Å²) in [7, 11) is 0. The molecule has 0 aliphatic heterocycles.